The van der Waals surface area contributed by atoms with Gasteiger partial charge in [0.05, 0.1) is 18.2 Å². The van der Waals surface area contributed by atoms with Crippen molar-refractivity contribution in [1.29, 1.82) is 0 Å². The fourth-order valence-electron chi connectivity index (χ4n) is 3.27. The van der Waals surface area contributed by atoms with Gasteiger partial charge in [0.1, 0.15) is 5.75 Å². The average molecular weight is 386 g/mol. The Morgan fingerprint density at radius 2 is 1.66 bits per heavy atom. The van der Waals surface area contributed by atoms with E-state index >= 15 is 0 Å². The molecule has 144 valence electrons. The third kappa shape index (κ3) is 3.48. The number of carbonyl (C=O) groups is 3. The quantitative estimate of drug-likeness (QED) is 0.548. The molecule has 0 radical (unpaired) electrons. The normalized spacial score (nSPS) is 13.2. The second-order valence-corrected chi connectivity index (χ2v) is 6.72. The number of nitrogens with one attached hydrogen (secondary N) is 1. The molecule has 0 saturated carbocycles. The lowest BCUT2D eigenvalue weighted by Crippen LogP contribution is -2.24. The number of imide groups is 1. The molecule has 6 nitrogen and oxygen atoms in total. The van der Waals surface area contributed by atoms with Gasteiger partial charge in [0.2, 0.25) is 5.91 Å². The van der Waals surface area contributed by atoms with E-state index < -0.39 is 0 Å². The monoisotopic (exact) mass is 386 g/mol. The number of carbonyl (C=O) groups excluding carboxylic acids is 3. The van der Waals surface area contributed by atoms with Crippen molar-refractivity contribution in [1.82, 2.24) is 4.90 Å². The Morgan fingerprint density at radius 3 is 2.45 bits per heavy atom. The number of ether oxygens (including phenoxy) is 1. The second kappa shape index (κ2) is 7.24. The molecule has 1 heterocycles. The van der Waals surface area contributed by atoms with Crippen LogP contribution in [0.4, 0.5) is 5.69 Å². The number of hydrogen-bond donors (Lipinski definition) is 1. The van der Waals surface area contributed by atoms with Crippen molar-refractivity contribution in [2.45, 2.75) is 0 Å². The summed E-state index contributed by atoms with van der Waals surface area (Å²) in [7, 11) is 3.06. The molecule has 0 bridgehead atoms. The van der Waals surface area contributed by atoms with Crippen molar-refractivity contribution in [3.8, 4) is 5.75 Å². The molecule has 0 aromatic heterocycles. The number of anilines is 1. The zero-order valence-corrected chi connectivity index (χ0v) is 15.9. The maximum atomic E-state index is 12.3. The van der Waals surface area contributed by atoms with Crippen LogP contribution in [0.5, 0.6) is 5.75 Å². The first kappa shape index (κ1) is 18.4. The van der Waals surface area contributed by atoms with E-state index in [1.165, 1.54) is 19.2 Å². The van der Waals surface area contributed by atoms with Gasteiger partial charge in [-0.05, 0) is 58.8 Å². The Balaban J connectivity index is 1.49. The Labute approximate surface area is 167 Å². The topological polar surface area (TPSA) is 75.7 Å². The standard InChI is InChI=1S/C23H18N2O4/c1-25-22(27)19-9-7-17(13-20(19)23(25)28)24-21(26)10-4-14-3-5-16-12-18(29-2)8-6-15(16)11-14/h3-13H,1-2H3,(H,24,26). The highest BCUT2D eigenvalue weighted by Gasteiger charge is 2.32. The lowest BCUT2D eigenvalue weighted by atomic mass is 10.1. The molecular formula is C23H18N2O4. The van der Waals surface area contributed by atoms with Crippen LogP contribution in [0.25, 0.3) is 16.8 Å². The Hall–Kier alpha value is -3.93. The SMILES string of the molecule is COc1ccc2cc(C=CC(=O)Nc3ccc4c(c3)C(=O)N(C)C4=O)ccc2c1. The first-order chi connectivity index (χ1) is 14.0. The van der Waals surface area contributed by atoms with Crippen LogP contribution in [-0.4, -0.2) is 36.8 Å². The third-order valence-corrected chi connectivity index (χ3v) is 4.86. The van der Waals surface area contributed by atoms with Crippen LogP contribution in [0.1, 0.15) is 26.3 Å². The van der Waals surface area contributed by atoms with Crippen molar-refractivity contribution in [3.63, 3.8) is 0 Å². The molecule has 3 aromatic rings. The van der Waals surface area contributed by atoms with Crippen LogP contribution in [0.2, 0.25) is 0 Å². The van der Waals surface area contributed by atoms with Gasteiger partial charge in [0.15, 0.2) is 0 Å². The fourth-order valence-corrected chi connectivity index (χ4v) is 3.27. The second-order valence-electron chi connectivity index (χ2n) is 6.72. The average Bonchev–Trinajstić information content (AvgIpc) is 2.95. The van der Waals surface area contributed by atoms with E-state index in [0.717, 1.165) is 27.0 Å². The molecule has 0 spiro atoms. The molecule has 0 aliphatic carbocycles. The number of methoxy groups -OCH3 is 1. The van der Waals surface area contributed by atoms with Crippen LogP contribution in [0.3, 0.4) is 0 Å². The number of fused-ring (bicyclic) bond motifs is 2. The number of nitrogens with zero attached hydrogens (tertiary/aromatic N) is 1. The van der Waals surface area contributed by atoms with E-state index in [0.29, 0.717) is 16.8 Å². The van der Waals surface area contributed by atoms with Gasteiger partial charge in [0, 0.05) is 18.8 Å². The number of rotatable bonds is 4. The molecular weight excluding hydrogens is 368 g/mol. The van der Waals surface area contributed by atoms with Crippen LogP contribution in [0.15, 0.2) is 60.7 Å². The summed E-state index contributed by atoms with van der Waals surface area (Å²) in [5, 5.41) is 4.81. The van der Waals surface area contributed by atoms with Gasteiger partial charge in [-0.15, -0.1) is 0 Å². The van der Waals surface area contributed by atoms with E-state index in [1.807, 2.05) is 36.4 Å². The van der Waals surface area contributed by atoms with Gasteiger partial charge in [-0.2, -0.15) is 0 Å². The summed E-state index contributed by atoms with van der Waals surface area (Å²) in [6.07, 6.45) is 3.14. The smallest absolute Gasteiger partial charge is 0.261 e. The first-order valence-corrected chi connectivity index (χ1v) is 8.99. The minimum Gasteiger partial charge on any atom is -0.497 e. The van der Waals surface area contributed by atoms with Crippen molar-refractivity contribution in [3.05, 3.63) is 77.4 Å². The van der Waals surface area contributed by atoms with Crippen LogP contribution in [-0.2, 0) is 4.79 Å². The predicted molar refractivity (Wildman–Crippen MR) is 111 cm³/mol. The van der Waals surface area contributed by atoms with E-state index in [2.05, 4.69) is 5.32 Å². The van der Waals surface area contributed by atoms with E-state index in [-0.39, 0.29) is 17.7 Å². The van der Waals surface area contributed by atoms with Gasteiger partial charge in [-0.25, -0.2) is 0 Å². The van der Waals surface area contributed by atoms with Crippen molar-refractivity contribution >= 4 is 40.3 Å². The molecule has 29 heavy (non-hydrogen) atoms. The van der Waals surface area contributed by atoms with Gasteiger partial charge >= 0.3 is 0 Å². The van der Waals surface area contributed by atoms with E-state index in [1.54, 1.807) is 25.3 Å². The Kier molecular flexibility index (Phi) is 4.60. The first-order valence-electron chi connectivity index (χ1n) is 8.99. The Bertz CT molecular complexity index is 1200. The lowest BCUT2D eigenvalue weighted by Gasteiger charge is -2.05. The van der Waals surface area contributed by atoms with E-state index in [4.69, 9.17) is 4.74 Å². The van der Waals surface area contributed by atoms with Gasteiger partial charge < -0.3 is 10.1 Å². The minimum atomic E-state index is -0.371. The summed E-state index contributed by atoms with van der Waals surface area (Å²) in [4.78, 5) is 37.3. The molecule has 1 aliphatic rings. The molecule has 3 aromatic carbocycles. The molecule has 1 aliphatic heterocycles. The highest BCUT2D eigenvalue weighted by atomic mass is 16.5. The van der Waals surface area contributed by atoms with E-state index in [9.17, 15) is 14.4 Å². The molecule has 0 unspecified atom stereocenters. The number of amides is 3. The van der Waals surface area contributed by atoms with Crippen molar-refractivity contribution in [2.75, 3.05) is 19.5 Å². The predicted octanol–water partition coefficient (Wildman–Crippen LogP) is 3.73. The van der Waals surface area contributed by atoms with Crippen LogP contribution < -0.4 is 10.1 Å². The van der Waals surface area contributed by atoms with Crippen LogP contribution in [0, 0.1) is 0 Å². The van der Waals surface area contributed by atoms with Crippen molar-refractivity contribution in [2.24, 2.45) is 0 Å². The van der Waals surface area contributed by atoms with Crippen molar-refractivity contribution < 1.29 is 19.1 Å². The molecule has 0 fully saturated rings. The summed E-state index contributed by atoms with van der Waals surface area (Å²) in [6.45, 7) is 0. The molecule has 3 amide bonds. The maximum absolute atomic E-state index is 12.3. The van der Waals surface area contributed by atoms with Gasteiger partial charge in [-0.3, -0.25) is 19.3 Å². The zero-order chi connectivity index (χ0) is 20.5. The van der Waals surface area contributed by atoms with Gasteiger partial charge in [0.25, 0.3) is 11.8 Å². The Morgan fingerprint density at radius 1 is 0.931 bits per heavy atom. The third-order valence-electron chi connectivity index (χ3n) is 4.86. The molecule has 0 saturated heterocycles. The maximum Gasteiger partial charge on any atom is 0.261 e. The highest BCUT2D eigenvalue weighted by Crippen LogP contribution is 2.25. The largest absolute Gasteiger partial charge is 0.497 e. The summed E-state index contributed by atoms with van der Waals surface area (Å²) in [6, 6.07) is 16.4. The minimum absolute atomic E-state index is 0.296. The highest BCUT2D eigenvalue weighted by molar-refractivity contribution is 6.21. The van der Waals surface area contributed by atoms with Gasteiger partial charge in [-0.1, -0.05) is 18.2 Å². The number of hydrogen-bond acceptors (Lipinski definition) is 4. The molecule has 4 rings (SSSR count). The van der Waals surface area contributed by atoms with Crippen LogP contribution >= 0.6 is 0 Å². The molecule has 1 N–H and O–H groups in total. The molecule has 0 atom stereocenters. The zero-order valence-electron chi connectivity index (χ0n) is 15.9. The molecule has 6 heteroatoms. The lowest BCUT2D eigenvalue weighted by molar-refractivity contribution is -0.111. The fraction of sp³-hybridized carbons (Fsp3) is 0.0870. The summed E-state index contributed by atoms with van der Waals surface area (Å²) in [5.74, 6) is -0.244. The summed E-state index contributed by atoms with van der Waals surface area (Å²) in [5.41, 5.74) is 1.98. The summed E-state index contributed by atoms with van der Waals surface area (Å²) >= 11 is 0. The number of benzene rings is 3. The summed E-state index contributed by atoms with van der Waals surface area (Å²) < 4.78 is 5.22.